The van der Waals surface area contributed by atoms with E-state index in [1.165, 1.54) is 0 Å². The summed E-state index contributed by atoms with van der Waals surface area (Å²) in [6, 6.07) is 0. The fraction of sp³-hybridized carbons (Fsp3) is 0.667. The molecule has 0 saturated carbocycles. The first-order valence-electron chi connectivity index (χ1n) is 1.99. The van der Waals surface area contributed by atoms with Crippen LogP contribution in [0.4, 0.5) is 0 Å². The van der Waals surface area contributed by atoms with Crippen molar-refractivity contribution in [3.8, 4) is 0 Å². The molecule has 2 atom stereocenters. The van der Waals surface area contributed by atoms with Gasteiger partial charge in [0.15, 0.2) is 0 Å². The fourth-order valence-electron chi connectivity index (χ4n) is 0.0781. The Bertz CT molecular complexity index is 140. The second-order valence-electron chi connectivity index (χ2n) is 1.58. The summed E-state index contributed by atoms with van der Waals surface area (Å²) in [5.41, 5.74) is 0. The van der Waals surface area contributed by atoms with E-state index in [1.807, 2.05) is 0 Å². The normalized spacial score (nSPS) is 15.0. The fourth-order valence-corrected chi connectivity index (χ4v) is 0.234. The summed E-state index contributed by atoms with van der Waals surface area (Å²) in [6.07, 6.45) is 0. The Balaban J connectivity index is -0.000000320. The Morgan fingerprint density at radius 2 is 1.91 bits per heavy atom. The molecule has 0 rings (SSSR count). The van der Waals surface area contributed by atoms with E-state index in [9.17, 15) is 14.3 Å². The van der Waals surface area contributed by atoms with Crippen molar-refractivity contribution in [2.24, 2.45) is 0 Å². The maximum Gasteiger partial charge on any atom is 1.00 e. The van der Waals surface area contributed by atoms with Gasteiger partial charge in [-0.2, -0.15) is 0 Å². The number of hydrogen-bond donors (Lipinski definition) is 2. The molecule has 0 aliphatic heterocycles. The molecular weight excluding hydrogens is 186 g/mol. The summed E-state index contributed by atoms with van der Waals surface area (Å²) in [5, 5.41) is 13.8. The summed E-state index contributed by atoms with van der Waals surface area (Å²) in [4.78, 5) is 19.7. The summed E-state index contributed by atoms with van der Waals surface area (Å²) >= 11 is 0. The van der Waals surface area contributed by atoms with Crippen LogP contribution < -0.4 is 34.5 Å². The first-order chi connectivity index (χ1) is 3.89. The Morgan fingerprint density at radius 1 is 1.64 bits per heavy atom. The average molecular weight is 193 g/mol. The molecule has 6 nitrogen and oxygen atoms in total. The molecule has 0 bridgehead atoms. The van der Waals surface area contributed by atoms with E-state index < -0.39 is 19.3 Å². The van der Waals surface area contributed by atoms with E-state index in [4.69, 9.17) is 10.2 Å². The van der Waals surface area contributed by atoms with Gasteiger partial charge in [-0.25, -0.2) is 4.79 Å². The molecule has 0 aromatic rings. The Morgan fingerprint density at radius 3 is 1.91 bits per heavy atom. The first kappa shape index (κ1) is 17.5. The SMILES string of the molecule is C[C@](O)(C(=O)O)[P+](=O)[O-].O.[Na+]. The van der Waals surface area contributed by atoms with E-state index in [2.05, 4.69) is 0 Å². The van der Waals surface area contributed by atoms with E-state index in [1.54, 1.807) is 0 Å². The Labute approximate surface area is 85.7 Å². The summed E-state index contributed by atoms with van der Waals surface area (Å²) in [6.45, 7) is 0.695. The molecule has 1 unspecified atom stereocenters. The molecule has 0 radical (unpaired) electrons. The molecule has 0 fully saturated rings. The maximum atomic E-state index is 9.87. The van der Waals surface area contributed by atoms with Gasteiger partial charge in [-0.15, -0.1) is 0 Å². The monoisotopic (exact) mass is 193 g/mol. The van der Waals surface area contributed by atoms with E-state index in [0.29, 0.717) is 6.92 Å². The zero-order valence-corrected chi connectivity index (χ0v) is 8.96. The number of carboxylic acids is 1. The third kappa shape index (κ3) is 4.81. The molecular formula is C3H7NaO6P+. The number of rotatable bonds is 2. The van der Waals surface area contributed by atoms with Crippen molar-refractivity contribution < 1.29 is 59.5 Å². The summed E-state index contributed by atoms with van der Waals surface area (Å²) in [7, 11) is -3.33. The van der Waals surface area contributed by atoms with Crippen molar-refractivity contribution in [3.63, 3.8) is 0 Å². The van der Waals surface area contributed by atoms with Gasteiger partial charge in [0, 0.05) is 6.92 Å². The number of hydrogen-bond acceptors (Lipinski definition) is 4. The molecule has 8 heteroatoms. The van der Waals surface area contributed by atoms with E-state index in [-0.39, 0.29) is 35.0 Å². The Hall–Kier alpha value is 0.450. The first-order valence-corrected chi connectivity index (χ1v) is 3.17. The summed E-state index contributed by atoms with van der Waals surface area (Å²) in [5.74, 6) is -1.77. The largest absolute Gasteiger partial charge is 1.00 e. The van der Waals surface area contributed by atoms with Gasteiger partial charge in [0.1, 0.15) is 0 Å². The molecule has 0 amide bonds. The van der Waals surface area contributed by atoms with Crippen LogP contribution in [0, 0.1) is 0 Å². The zero-order valence-electron chi connectivity index (χ0n) is 6.07. The molecule has 4 N–H and O–H groups in total. The van der Waals surface area contributed by atoms with Crippen molar-refractivity contribution in [1.82, 2.24) is 0 Å². The standard InChI is InChI=1S/C3H5O5P.Na.H2O/c1-3(6,2(4)5)9(7)8;;/h6H,1H3,(H,4,5);;1H2/q;+1;/t3-;;/m1../s1. The number of aliphatic carboxylic acids is 1. The zero-order chi connectivity index (χ0) is 7.65. The third-order valence-electron chi connectivity index (χ3n) is 0.761. The second kappa shape index (κ2) is 6.02. The van der Waals surface area contributed by atoms with Crippen LogP contribution in [0.5, 0.6) is 0 Å². The van der Waals surface area contributed by atoms with Crippen molar-refractivity contribution in [2.75, 3.05) is 0 Å². The topological polar surface area (TPSA) is 129 Å². The van der Waals surface area contributed by atoms with E-state index in [0.717, 1.165) is 0 Å². The minimum Gasteiger partial charge on any atom is -0.593 e. The minimum atomic E-state index is -3.33. The second-order valence-corrected chi connectivity index (χ2v) is 2.97. The summed E-state index contributed by atoms with van der Waals surface area (Å²) < 4.78 is 9.87. The average Bonchev–Trinajstić information content (AvgIpc) is 1.65. The molecule has 60 valence electrons. The molecule has 0 saturated heterocycles. The van der Waals surface area contributed by atoms with Crippen molar-refractivity contribution >= 4 is 14.0 Å². The van der Waals surface area contributed by atoms with Crippen LogP contribution in [0.15, 0.2) is 0 Å². The number of aliphatic hydroxyl groups is 1. The van der Waals surface area contributed by atoms with Crippen molar-refractivity contribution in [3.05, 3.63) is 0 Å². The van der Waals surface area contributed by atoms with Gasteiger partial charge in [0.25, 0.3) is 0 Å². The molecule has 0 aliphatic rings. The van der Waals surface area contributed by atoms with Crippen LogP contribution >= 0.6 is 8.03 Å². The van der Waals surface area contributed by atoms with Crippen molar-refractivity contribution in [1.29, 1.82) is 0 Å². The molecule has 0 aliphatic carbocycles. The number of carboxylic acid groups (broad SMARTS) is 1. The molecule has 0 spiro atoms. The van der Waals surface area contributed by atoms with Gasteiger partial charge in [-0.1, -0.05) is 4.57 Å². The van der Waals surface area contributed by atoms with Gasteiger partial charge < -0.3 is 20.6 Å². The molecule has 11 heavy (non-hydrogen) atoms. The molecule has 0 heterocycles. The molecule has 0 aromatic heterocycles. The maximum absolute atomic E-state index is 9.87. The van der Waals surface area contributed by atoms with Gasteiger partial charge in [-0.05, 0) is 0 Å². The van der Waals surface area contributed by atoms with Crippen LogP contribution in [0.25, 0.3) is 0 Å². The number of carbonyl (C=O) groups is 1. The predicted molar refractivity (Wildman–Crippen MR) is 29.5 cm³/mol. The minimum absolute atomic E-state index is 0. The van der Waals surface area contributed by atoms with Gasteiger partial charge in [0.2, 0.25) is 0 Å². The molecule has 0 aromatic carbocycles. The van der Waals surface area contributed by atoms with Crippen LogP contribution in [0.2, 0.25) is 0 Å². The van der Waals surface area contributed by atoms with Crippen molar-refractivity contribution in [2.45, 2.75) is 12.3 Å². The van der Waals surface area contributed by atoms with Crippen LogP contribution in [0.1, 0.15) is 6.92 Å². The van der Waals surface area contributed by atoms with Gasteiger partial charge >= 0.3 is 48.9 Å². The van der Waals surface area contributed by atoms with Gasteiger partial charge in [-0.3, -0.25) is 0 Å². The smallest absolute Gasteiger partial charge is 0.593 e. The van der Waals surface area contributed by atoms with Crippen LogP contribution in [0.3, 0.4) is 0 Å². The van der Waals surface area contributed by atoms with E-state index >= 15 is 0 Å². The quantitative estimate of drug-likeness (QED) is 0.335. The van der Waals surface area contributed by atoms with Crippen LogP contribution in [-0.2, 0) is 9.36 Å². The van der Waals surface area contributed by atoms with Crippen LogP contribution in [-0.4, -0.2) is 27.0 Å². The predicted octanol–water partition coefficient (Wildman–Crippen LogP) is -4.94. The Kier molecular flexibility index (Phi) is 9.58. The van der Waals surface area contributed by atoms with Gasteiger partial charge in [0.05, 0.1) is 0 Å². The third-order valence-corrected chi connectivity index (χ3v) is 1.66.